The lowest BCUT2D eigenvalue weighted by atomic mass is 10.0. The first-order chi connectivity index (χ1) is 9.02. The van der Waals surface area contributed by atoms with Gasteiger partial charge in [0.2, 0.25) is 5.91 Å². The lowest BCUT2D eigenvalue weighted by Gasteiger charge is -2.16. The molecular weight excluding hydrogens is 264 g/mol. The first kappa shape index (κ1) is 13.9. The summed E-state index contributed by atoms with van der Waals surface area (Å²) in [6, 6.07) is 4.87. The lowest BCUT2D eigenvalue weighted by Crippen LogP contribution is -2.28. The van der Waals surface area contributed by atoms with Gasteiger partial charge in [0, 0.05) is 23.6 Å². The van der Waals surface area contributed by atoms with Crippen molar-refractivity contribution in [3.63, 3.8) is 0 Å². The van der Waals surface area contributed by atoms with Gasteiger partial charge in [-0.2, -0.15) is 0 Å². The maximum atomic E-state index is 11.7. The second-order valence-corrected chi connectivity index (χ2v) is 5.23. The lowest BCUT2D eigenvalue weighted by molar-refractivity contribution is -0.122. The smallest absolute Gasteiger partial charge is 0.251 e. The molecule has 0 heterocycles. The molecule has 1 aliphatic carbocycles. The largest absolute Gasteiger partial charge is 0.355 e. The second kappa shape index (κ2) is 5.61. The summed E-state index contributed by atoms with van der Waals surface area (Å²) in [4.78, 5) is 23.3. The zero-order valence-corrected chi connectivity index (χ0v) is 11.8. The second-order valence-electron chi connectivity index (χ2n) is 4.82. The topological polar surface area (TPSA) is 58.2 Å². The van der Waals surface area contributed by atoms with Crippen molar-refractivity contribution in [3.8, 4) is 0 Å². The van der Waals surface area contributed by atoms with Crippen molar-refractivity contribution in [3.05, 3.63) is 34.3 Å². The molecule has 0 radical (unpaired) electrons. The molecule has 1 aromatic rings. The average molecular weight is 281 g/mol. The summed E-state index contributed by atoms with van der Waals surface area (Å²) in [5.74, 6) is 0.0518. The molecule has 5 heteroatoms. The molecule has 1 unspecified atom stereocenters. The monoisotopic (exact) mass is 280 g/mol. The number of hydrogen-bond acceptors (Lipinski definition) is 2. The predicted octanol–water partition coefficient (Wildman–Crippen LogP) is 2.29. The van der Waals surface area contributed by atoms with Crippen molar-refractivity contribution in [1.29, 1.82) is 0 Å². The Hall–Kier alpha value is -1.55. The highest BCUT2D eigenvalue weighted by atomic mass is 35.5. The molecule has 2 amide bonds. The van der Waals surface area contributed by atoms with Crippen LogP contribution in [0.2, 0.25) is 5.02 Å². The van der Waals surface area contributed by atoms with Crippen LogP contribution in [0, 0.1) is 5.92 Å². The number of nitrogens with one attached hydrogen (secondary N) is 2. The first-order valence-corrected chi connectivity index (χ1v) is 6.72. The van der Waals surface area contributed by atoms with Gasteiger partial charge < -0.3 is 10.6 Å². The molecule has 0 bridgehead atoms. The van der Waals surface area contributed by atoms with Gasteiger partial charge >= 0.3 is 0 Å². The fourth-order valence-electron chi connectivity index (χ4n) is 1.92. The van der Waals surface area contributed by atoms with Gasteiger partial charge in [0.1, 0.15) is 0 Å². The van der Waals surface area contributed by atoms with E-state index in [1.807, 2.05) is 6.92 Å². The number of hydrogen-bond donors (Lipinski definition) is 2. The first-order valence-electron chi connectivity index (χ1n) is 6.35. The normalized spacial score (nSPS) is 15.7. The summed E-state index contributed by atoms with van der Waals surface area (Å²) in [7, 11) is 1.58. The molecular formula is C14H17ClN2O2. The summed E-state index contributed by atoms with van der Waals surface area (Å²) in [5, 5.41) is 6.05. The Kier molecular flexibility index (Phi) is 4.10. The fourth-order valence-corrected chi connectivity index (χ4v) is 2.20. The standard InChI is InChI=1S/C14H17ClN2O2/c1-8(17-14(19)9-3-4-9)11-7-10(13(18)16-2)5-6-12(11)15/h5-9H,3-4H2,1-2H3,(H,16,18)(H,17,19). The summed E-state index contributed by atoms with van der Waals surface area (Å²) >= 11 is 6.13. The Balaban J connectivity index is 2.17. The molecule has 0 saturated heterocycles. The van der Waals surface area contributed by atoms with Crippen molar-refractivity contribution >= 4 is 23.4 Å². The Morgan fingerprint density at radius 3 is 2.63 bits per heavy atom. The Morgan fingerprint density at radius 1 is 1.37 bits per heavy atom. The van der Waals surface area contributed by atoms with E-state index >= 15 is 0 Å². The van der Waals surface area contributed by atoms with Gasteiger partial charge in [-0.25, -0.2) is 0 Å². The molecule has 2 rings (SSSR count). The van der Waals surface area contributed by atoms with Crippen molar-refractivity contribution < 1.29 is 9.59 Å². The van der Waals surface area contributed by atoms with Crippen LogP contribution in [0.3, 0.4) is 0 Å². The number of carbonyl (C=O) groups excluding carboxylic acids is 2. The minimum absolute atomic E-state index is 0.0638. The van der Waals surface area contributed by atoms with Gasteiger partial charge in [-0.05, 0) is 43.5 Å². The maximum Gasteiger partial charge on any atom is 0.251 e. The zero-order valence-electron chi connectivity index (χ0n) is 11.0. The SMILES string of the molecule is CNC(=O)c1ccc(Cl)c(C(C)NC(=O)C2CC2)c1. The molecule has 0 aliphatic heterocycles. The van der Waals surface area contributed by atoms with E-state index in [2.05, 4.69) is 10.6 Å². The highest BCUT2D eigenvalue weighted by Crippen LogP contribution is 2.31. The van der Waals surface area contributed by atoms with E-state index in [9.17, 15) is 9.59 Å². The van der Waals surface area contributed by atoms with E-state index in [1.54, 1.807) is 25.2 Å². The van der Waals surface area contributed by atoms with Crippen molar-refractivity contribution in [2.45, 2.75) is 25.8 Å². The quantitative estimate of drug-likeness (QED) is 0.889. The highest BCUT2D eigenvalue weighted by Gasteiger charge is 2.30. The van der Waals surface area contributed by atoms with Crippen LogP contribution >= 0.6 is 11.6 Å². The van der Waals surface area contributed by atoms with Gasteiger partial charge in [0.05, 0.1) is 6.04 Å². The van der Waals surface area contributed by atoms with E-state index in [0.717, 1.165) is 18.4 Å². The molecule has 1 atom stereocenters. The van der Waals surface area contributed by atoms with Crippen LogP contribution in [-0.2, 0) is 4.79 Å². The van der Waals surface area contributed by atoms with Crippen LogP contribution in [0.1, 0.15) is 41.7 Å². The van der Waals surface area contributed by atoms with E-state index in [-0.39, 0.29) is 23.8 Å². The maximum absolute atomic E-state index is 11.7. The zero-order chi connectivity index (χ0) is 14.0. The van der Waals surface area contributed by atoms with E-state index in [1.165, 1.54) is 0 Å². The minimum Gasteiger partial charge on any atom is -0.355 e. The molecule has 1 aliphatic rings. The van der Waals surface area contributed by atoms with Crippen LogP contribution in [0.4, 0.5) is 0 Å². The summed E-state index contributed by atoms with van der Waals surface area (Å²) < 4.78 is 0. The number of halogens is 1. The molecule has 1 aromatic carbocycles. The third kappa shape index (κ3) is 3.26. The van der Waals surface area contributed by atoms with E-state index in [4.69, 9.17) is 11.6 Å². The Bertz CT molecular complexity index is 512. The Morgan fingerprint density at radius 2 is 2.05 bits per heavy atom. The average Bonchev–Trinajstić information content (AvgIpc) is 3.22. The Labute approximate surface area is 117 Å². The summed E-state index contributed by atoms with van der Waals surface area (Å²) in [6.07, 6.45) is 1.93. The molecule has 1 saturated carbocycles. The molecule has 4 nitrogen and oxygen atoms in total. The van der Waals surface area contributed by atoms with Gasteiger partial charge in [0.15, 0.2) is 0 Å². The molecule has 19 heavy (non-hydrogen) atoms. The number of amides is 2. The summed E-state index contributed by atoms with van der Waals surface area (Å²) in [6.45, 7) is 1.87. The van der Waals surface area contributed by atoms with Crippen molar-refractivity contribution in [1.82, 2.24) is 10.6 Å². The van der Waals surface area contributed by atoms with Gasteiger partial charge in [-0.3, -0.25) is 9.59 Å². The summed E-state index contributed by atoms with van der Waals surface area (Å²) in [5.41, 5.74) is 1.30. The molecule has 102 valence electrons. The molecule has 0 spiro atoms. The van der Waals surface area contributed by atoms with Crippen molar-refractivity contribution in [2.75, 3.05) is 7.05 Å². The van der Waals surface area contributed by atoms with Crippen LogP contribution in [0.5, 0.6) is 0 Å². The number of benzene rings is 1. The third-order valence-corrected chi connectivity index (χ3v) is 3.60. The van der Waals surface area contributed by atoms with Gasteiger partial charge in [-0.1, -0.05) is 11.6 Å². The molecule has 1 fully saturated rings. The molecule has 0 aromatic heterocycles. The van der Waals surface area contributed by atoms with Crippen LogP contribution in [-0.4, -0.2) is 18.9 Å². The van der Waals surface area contributed by atoms with Crippen LogP contribution in [0.25, 0.3) is 0 Å². The molecule has 2 N–H and O–H groups in total. The van der Waals surface area contributed by atoms with Gasteiger partial charge in [0.25, 0.3) is 5.91 Å². The third-order valence-electron chi connectivity index (χ3n) is 3.26. The van der Waals surface area contributed by atoms with Gasteiger partial charge in [-0.15, -0.1) is 0 Å². The number of carbonyl (C=O) groups is 2. The minimum atomic E-state index is -0.204. The van der Waals surface area contributed by atoms with E-state index < -0.39 is 0 Å². The van der Waals surface area contributed by atoms with E-state index in [0.29, 0.717) is 10.6 Å². The van der Waals surface area contributed by atoms with Crippen molar-refractivity contribution in [2.24, 2.45) is 5.92 Å². The highest BCUT2D eigenvalue weighted by molar-refractivity contribution is 6.31. The van der Waals surface area contributed by atoms with Crippen LogP contribution in [0.15, 0.2) is 18.2 Å². The predicted molar refractivity (Wildman–Crippen MR) is 74.1 cm³/mol. The fraction of sp³-hybridized carbons (Fsp3) is 0.429. The number of rotatable bonds is 4. The van der Waals surface area contributed by atoms with Crippen LogP contribution < -0.4 is 10.6 Å².